The molecule has 114 valence electrons. The molecule has 0 heterocycles. The topological polar surface area (TPSA) is 168 Å². The number of aliphatic hydroxyl groups is 7. The minimum Gasteiger partial charge on any atom is -0.461 e. The quantitative estimate of drug-likeness (QED) is 0.218. The molecule has 9 heteroatoms. The van der Waals surface area contributed by atoms with Crippen LogP contribution in [0, 0.1) is 0 Å². The average Bonchev–Trinajstić information content (AvgIpc) is 2.41. The lowest BCUT2D eigenvalue weighted by atomic mass is 9.92. The summed E-state index contributed by atoms with van der Waals surface area (Å²) in [7, 11) is 0. The van der Waals surface area contributed by atoms with Gasteiger partial charge in [-0.3, -0.25) is 0 Å². The van der Waals surface area contributed by atoms with Crippen LogP contribution in [0.1, 0.15) is 6.92 Å². The first kappa shape index (κ1) is 18.2. The Morgan fingerprint density at radius 1 is 1.16 bits per heavy atom. The molecule has 0 spiro atoms. The van der Waals surface area contributed by atoms with Gasteiger partial charge in [-0.15, -0.1) is 0 Å². The number of hydrogen-bond donors (Lipinski definition) is 7. The van der Waals surface area contributed by atoms with Gasteiger partial charge in [0.15, 0.2) is 5.60 Å². The van der Waals surface area contributed by atoms with Gasteiger partial charge in [-0.1, -0.05) is 0 Å². The third-order valence-electron chi connectivity index (χ3n) is 2.51. The van der Waals surface area contributed by atoms with Crippen LogP contribution >= 0.6 is 0 Å². The molecule has 0 rings (SSSR count). The van der Waals surface area contributed by atoms with Crippen molar-refractivity contribution in [1.82, 2.24) is 0 Å². The maximum absolute atomic E-state index is 11.5. The highest BCUT2D eigenvalue weighted by Crippen LogP contribution is 2.17. The van der Waals surface area contributed by atoms with Crippen LogP contribution < -0.4 is 0 Å². The van der Waals surface area contributed by atoms with E-state index in [2.05, 4.69) is 4.74 Å². The fourth-order valence-electron chi connectivity index (χ4n) is 1.14. The molecular formula is C10H20O9. The lowest BCUT2D eigenvalue weighted by Crippen LogP contribution is -2.57. The minimum atomic E-state index is -2.56. The molecule has 0 aliphatic rings. The Labute approximate surface area is 109 Å². The highest BCUT2D eigenvalue weighted by Gasteiger charge is 2.45. The molecule has 0 saturated carbocycles. The van der Waals surface area contributed by atoms with E-state index in [0.29, 0.717) is 0 Å². The van der Waals surface area contributed by atoms with E-state index < -0.39 is 55.8 Å². The van der Waals surface area contributed by atoms with Gasteiger partial charge in [0, 0.05) is 0 Å². The van der Waals surface area contributed by atoms with Gasteiger partial charge in [0.2, 0.25) is 0 Å². The van der Waals surface area contributed by atoms with Crippen molar-refractivity contribution in [1.29, 1.82) is 0 Å². The van der Waals surface area contributed by atoms with Crippen LogP contribution in [0.5, 0.6) is 0 Å². The molecule has 7 N–H and O–H groups in total. The molecule has 0 aromatic rings. The molecule has 0 bridgehead atoms. The highest BCUT2D eigenvalue weighted by molar-refractivity contribution is 5.79. The van der Waals surface area contributed by atoms with E-state index in [0.717, 1.165) is 6.92 Å². The van der Waals surface area contributed by atoms with Crippen molar-refractivity contribution >= 4 is 5.97 Å². The number of hydrogen-bond acceptors (Lipinski definition) is 9. The Kier molecular flexibility index (Phi) is 7.37. The Hall–Kier alpha value is -0.810. The third-order valence-corrected chi connectivity index (χ3v) is 2.51. The van der Waals surface area contributed by atoms with Crippen molar-refractivity contribution in [3.63, 3.8) is 0 Å². The summed E-state index contributed by atoms with van der Waals surface area (Å²) in [6.45, 7) is -1.33. The Morgan fingerprint density at radius 3 is 2.11 bits per heavy atom. The van der Waals surface area contributed by atoms with Gasteiger partial charge in [-0.05, 0) is 6.92 Å². The summed E-state index contributed by atoms with van der Waals surface area (Å²) in [4.78, 5) is 11.5. The predicted molar refractivity (Wildman–Crippen MR) is 59.8 cm³/mol. The van der Waals surface area contributed by atoms with E-state index in [1.165, 1.54) is 0 Å². The zero-order valence-electron chi connectivity index (χ0n) is 10.4. The maximum atomic E-state index is 11.5. The molecule has 0 aromatic heterocycles. The summed E-state index contributed by atoms with van der Waals surface area (Å²) in [5, 5.41) is 63.8. The number of rotatable bonds is 8. The van der Waals surface area contributed by atoms with E-state index >= 15 is 0 Å². The molecule has 0 saturated heterocycles. The number of aliphatic hydroxyl groups excluding tert-OH is 6. The predicted octanol–water partition coefficient (Wildman–Crippen LogP) is -4.29. The minimum absolute atomic E-state index is 0.614. The first-order valence-corrected chi connectivity index (χ1v) is 5.52. The molecule has 0 aliphatic carbocycles. The van der Waals surface area contributed by atoms with Crippen molar-refractivity contribution in [3.8, 4) is 0 Å². The Bertz CT molecular complexity index is 280. The number of ether oxygens (including phenoxy) is 1. The van der Waals surface area contributed by atoms with Gasteiger partial charge in [0.05, 0.1) is 13.2 Å². The summed E-state index contributed by atoms with van der Waals surface area (Å²) in [6.07, 6.45) is -7.19. The van der Waals surface area contributed by atoms with Gasteiger partial charge < -0.3 is 40.5 Å². The van der Waals surface area contributed by atoms with Crippen LogP contribution in [0.2, 0.25) is 0 Å². The summed E-state index contributed by atoms with van der Waals surface area (Å²) in [6, 6.07) is 0. The number of carbonyl (C=O) groups is 1. The van der Waals surface area contributed by atoms with Crippen LogP contribution in [0.4, 0.5) is 0 Å². The molecule has 1 unspecified atom stereocenters. The largest absolute Gasteiger partial charge is 0.461 e. The van der Waals surface area contributed by atoms with Crippen molar-refractivity contribution in [2.45, 2.75) is 36.9 Å². The van der Waals surface area contributed by atoms with Gasteiger partial charge in [0.1, 0.15) is 31.0 Å². The van der Waals surface area contributed by atoms with E-state index in [4.69, 9.17) is 20.4 Å². The van der Waals surface area contributed by atoms with Crippen molar-refractivity contribution in [3.05, 3.63) is 0 Å². The monoisotopic (exact) mass is 284 g/mol. The van der Waals surface area contributed by atoms with Gasteiger partial charge in [-0.2, -0.15) is 0 Å². The van der Waals surface area contributed by atoms with Gasteiger partial charge in [0.25, 0.3) is 0 Å². The second kappa shape index (κ2) is 7.70. The van der Waals surface area contributed by atoms with E-state index in [1.807, 2.05) is 0 Å². The van der Waals surface area contributed by atoms with Crippen LogP contribution in [0.3, 0.4) is 0 Å². The smallest absolute Gasteiger partial charge is 0.340 e. The second-order valence-electron chi connectivity index (χ2n) is 4.27. The summed E-state index contributed by atoms with van der Waals surface area (Å²) in [5.41, 5.74) is -2.56. The Morgan fingerprint density at radius 2 is 1.68 bits per heavy atom. The van der Waals surface area contributed by atoms with E-state index in [-0.39, 0.29) is 0 Å². The molecule has 0 fully saturated rings. The summed E-state index contributed by atoms with van der Waals surface area (Å²) in [5.74, 6) is -1.36. The number of esters is 1. The van der Waals surface area contributed by atoms with Crippen molar-refractivity contribution in [2.24, 2.45) is 0 Å². The Balaban J connectivity index is 4.61. The van der Waals surface area contributed by atoms with E-state index in [9.17, 15) is 20.1 Å². The molecule has 0 amide bonds. The first-order valence-electron chi connectivity index (χ1n) is 5.52. The molecular weight excluding hydrogens is 264 g/mol. The van der Waals surface area contributed by atoms with Crippen LogP contribution in [0.25, 0.3) is 0 Å². The molecule has 5 atom stereocenters. The highest BCUT2D eigenvalue weighted by atomic mass is 16.6. The van der Waals surface area contributed by atoms with Gasteiger partial charge in [-0.25, -0.2) is 4.79 Å². The lowest BCUT2D eigenvalue weighted by molar-refractivity contribution is -0.194. The van der Waals surface area contributed by atoms with E-state index in [1.54, 1.807) is 0 Å². The summed E-state index contributed by atoms with van der Waals surface area (Å²) < 4.78 is 4.43. The zero-order valence-corrected chi connectivity index (χ0v) is 10.4. The van der Waals surface area contributed by atoms with Crippen molar-refractivity contribution in [2.75, 3.05) is 19.8 Å². The summed E-state index contributed by atoms with van der Waals surface area (Å²) >= 11 is 0. The molecule has 0 aliphatic heterocycles. The van der Waals surface area contributed by atoms with Crippen LogP contribution in [-0.4, -0.2) is 91.6 Å². The third kappa shape index (κ3) is 4.99. The van der Waals surface area contributed by atoms with Gasteiger partial charge >= 0.3 is 5.97 Å². The second-order valence-corrected chi connectivity index (χ2v) is 4.27. The first-order chi connectivity index (χ1) is 8.68. The fourth-order valence-corrected chi connectivity index (χ4v) is 1.14. The average molecular weight is 284 g/mol. The SMILES string of the molecule is C[C@](O)(C(=O)OCC(O)CO)[C@@H](O)[C@H](O)[C@H](O)CO. The zero-order chi connectivity index (χ0) is 15.2. The fraction of sp³-hybridized carbons (Fsp3) is 0.900. The lowest BCUT2D eigenvalue weighted by Gasteiger charge is -2.31. The molecule has 19 heavy (non-hydrogen) atoms. The molecule has 9 nitrogen and oxygen atoms in total. The van der Waals surface area contributed by atoms with Crippen LogP contribution in [0.15, 0.2) is 0 Å². The standard InChI is InChI=1S/C10H20O9/c1-10(18,8(16)7(15)6(14)3-12)9(17)19-4-5(13)2-11/h5-8,11-16,18H,2-4H2,1H3/t5?,6-,7-,8+,10-/m1/s1. The maximum Gasteiger partial charge on any atom is 0.340 e. The normalized spacial score (nSPS) is 21.1. The number of carbonyl (C=O) groups excluding carboxylic acids is 1. The van der Waals surface area contributed by atoms with Crippen molar-refractivity contribution < 1.29 is 45.3 Å². The molecule has 0 aromatic carbocycles. The molecule has 0 radical (unpaired) electrons. The van der Waals surface area contributed by atoms with Crippen LogP contribution in [-0.2, 0) is 9.53 Å².